The van der Waals surface area contributed by atoms with Gasteiger partial charge in [0.2, 0.25) is 5.91 Å². The van der Waals surface area contributed by atoms with Gasteiger partial charge < -0.3 is 28.8 Å². The molecular weight excluding hydrogens is 948 g/mol. The third-order valence-electron chi connectivity index (χ3n) is 15.7. The van der Waals surface area contributed by atoms with E-state index in [1.54, 1.807) is 6.08 Å². The van der Waals surface area contributed by atoms with E-state index in [9.17, 15) is 19.4 Å². The molecule has 0 aliphatic carbocycles. The predicted molar refractivity (Wildman–Crippen MR) is 326 cm³/mol. The average Bonchev–Trinajstić information content (AvgIpc) is 3.37. The van der Waals surface area contributed by atoms with Crippen molar-refractivity contribution in [2.45, 2.75) is 366 Å². The molecule has 0 aliphatic rings. The van der Waals surface area contributed by atoms with E-state index in [2.05, 4.69) is 19.2 Å². The SMILES string of the molecule is CCCCCCCCCCCCCCCCCCCCCCCCCCCCCCCC/C=C/C(O)C(COP(=O)([O-])OCC[N+](C)(C)C)NC(=O)CCCCCCCCCCCCCCCCCCCCCCC. The van der Waals surface area contributed by atoms with Gasteiger partial charge in [-0.2, -0.15) is 0 Å². The van der Waals surface area contributed by atoms with Gasteiger partial charge in [-0.1, -0.05) is 341 Å². The molecule has 0 rings (SSSR count). The molecule has 0 aromatic carbocycles. The number of rotatable bonds is 63. The fourth-order valence-corrected chi connectivity index (χ4v) is 11.2. The number of aliphatic hydroxyl groups excluding tert-OH is 1. The minimum atomic E-state index is -4.60. The molecule has 0 aromatic rings. The lowest BCUT2D eigenvalue weighted by Gasteiger charge is -2.29. The van der Waals surface area contributed by atoms with E-state index < -0.39 is 20.0 Å². The maximum absolute atomic E-state index is 13.0. The minimum absolute atomic E-state index is 0.00291. The summed E-state index contributed by atoms with van der Waals surface area (Å²) >= 11 is 0. The lowest BCUT2D eigenvalue weighted by atomic mass is 10.0. The molecule has 0 fully saturated rings. The summed E-state index contributed by atoms with van der Waals surface area (Å²) in [7, 11) is 1.28. The van der Waals surface area contributed by atoms with Crippen LogP contribution in [0.3, 0.4) is 0 Å². The summed E-state index contributed by atoms with van der Waals surface area (Å²) in [6.07, 6.45) is 73.2. The van der Waals surface area contributed by atoms with Crippen molar-refractivity contribution < 1.29 is 32.9 Å². The molecule has 9 heteroatoms. The fourth-order valence-electron chi connectivity index (χ4n) is 10.5. The molecule has 0 aromatic heterocycles. The number of aliphatic hydroxyl groups is 1. The Hall–Kier alpha value is -0.760. The van der Waals surface area contributed by atoms with E-state index in [-0.39, 0.29) is 19.1 Å². The minimum Gasteiger partial charge on any atom is -0.756 e. The van der Waals surface area contributed by atoms with Gasteiger partial charge in [0.25, 0.3) is 7.82 Å². The monoisotopic (exact) mass is 1080 g/mol. The number of allylic oxidation sites excluding steroid dienone is 1. The zero-order valence-electron chi connectivity index (χ0n) is 51.3. The molecule has 8 nitrogen and oxygen atoms in total. The van der Waals surface area contributed by atoms with Crippen molar-refractivity contribution in [3.8, 4) is 0 Å². The van der Waals surface area contributed by atoms with Crippen molar-refractivity contribution in [1.82, 2.24) is 5.32 Å². The van der Waals surface area contributed by atoms with Crippen LogP contribution in [0.15, 0.2) is 12.2 Å². The Morgan fingerprint density at radius 3 is 1.00 bits per heavy atom. The molecule has 448 valence electrons. The van der Waals surface area contributed by atoms with Gasteiger partial charge in [0, 0.05) is 6.42 Å². The number of unbranched alkanes of at least 4 members (excludes halogenated alkanes) is 50. The van der Waals surface area contributed by atoms with E-state index in [0.29, 0.717) is 17.4 Å². The van der Waals surface area contributed by atoms with Gasteiger partial charge in [0.1, 0.15) is 13.2 Å². The number of amides is 1. The van der Waals surface area contributed by atoms with Crippen LogP contribution in [0.4, 0.5) is 0 Å². The van der Waals surface area contributed by atoms with Gasteiger partial charge in [-0.15, -0.1) is 0 Å². The Balaban J connectivity index is 4.04. The van der Waals surface area contributed by atoms with Gasteiger partial charge in [-0.3, -0.25) is 9.36 Å². The van der Waals surface area contributed by atoms with Crippen LogP contribution in [0.1, 0.15) is 354 Å². The van der Waals surface area contributed by atoms with Crippen molar-refractivity contribution in [2.24, 2.45) is 0 Å². The topological polar surface area (TPSA) is 108 Å². The number of nitrogens with zero attached hydrogens (tertiary/aromatic N) is 1. The molecule has 2 N–H and O–H groups in total. The molecule has 0 spiro atoms. The molecule has 3 atom stereocenters. The van der Waals surface area contributed by atoms with Crippen LogP contribution >= 0.6 is 7.82 Å². The number of hydrogen-bond acceptors (Lipinski definition) is 6. The summed E-state index contributed by atoms with van der Waals surface area (Å²) in [6, 6.07) is -0.883. The van der Waals surface area contributed by atoms with Crippen molar-refractivity contribution in [2.75, 3.05) is 40.9 Å². The second-order valence-corrected chi connectivity index (χ2v) is 26.0. The largest absolute Gasteiger partial charge is 0.756 e. The van der Waals surface area contributed by atoms with Gasteiger partial charge >= 0.3 is 0 Å². The standard InChI is InChI=1S/C66H133N2O6P/c1-6-8-10-12-14-16-18-20-22-24-26-28-29-30-31-32-33-34-35-36-37-38-40-41-43-45-47-49-51-53-55-57-59-65(69)64(63-74-75(71,72)73-62-61-68(3,4)5)67-66(70)60-58-56-54-52-50-48-46-44-42-39-27-25-23-21-19-17-15-13-11-9-7-2/h57,59,64-65,69H,6-56,58,60-63H2,1-5H3,(H-,67,70,71,72)/b59-57+. The second-order valence-electron chi connectivity index (χ2n) is 24.5. The highest BCUT2D eigenvalue weighted by Crippen LogP contribution is 2.38. The highest BCUT2D eigenvalue weighted by molar-refractivity contribution is 7.45. The fraction of sp³-hybridized carbons (Fsp3) is 0.955. The average molecular weight is 1080 g/mol. The van der Waals surface area contributed by atoms with E-state index in [4.69, 9.17) is 9.05 Å². The first-order valence-corrected chi connectivity index (χ1v) is 35.0. The Kier molecular flexibility index (Phi) is 57.3. The van der Waals surface area contributed by atoms with Crippen molar-refractivity contribution in [1.29, 1.82) is 0 Å². The van der Waals surface area contributed by atoms with Crippen LogP contribution in [0.5, 0.6) is 0 Å². The Morgan fingerprint density at radius 2 is 0.720 bits per heavy atom. The van der Waals surface area contributed by atoms with E-state index in [1.165, 1.54) is 295 Å². The lowest BCUT2D eigenvalue weighted by molar-refractivity contribution is -0.870. The first-order valence-electron chi connectivity index (χ1n) is 33.6. The number of carbonyl (C=O) groups is 1. The van der Waals surface area contributed by atoms with Crippen LogP contribution in [0.25, 0.3) is 0 Å². The molecule has 0 bridgehead atoms. The summed E-state index contributed by atoms with van der Waals surface area (Å²) in [5, 5.41) is 14.0. The molecule has 0 heterocycles. The molecule has 3 unspecified atom stereocenters. The van der Waals surface area contributed by atoms with Crippen LogP contribution in [0, 0.1) is 0 Å². The normalized spacial score (nSPS) is 13.7. The predicted octanol–water partition coefficient (Wildman–Crippen LogP) is 20.3. The zero-order chi connectivity index (χ0) is 54.9. The quantitative estimate of drug-likeness (QED) is 0.0272. The third kappa shape index (κ3) is 60.7. The summed E-state index contributed by atoms with van der Waals surface area (Å²) in [5.41, 5.74) is 0. The molecule has 1 amide bonds. The maximum atomic E-state index is 13.0. The summed E-state index contributed by atoms with van der Waals surface area (Å²) in [4.78, 5) is 25.6. The van der Waals surface area contributed by atoms with Gasteiger partial charge in [0.15, 0.2) is 0 Å². The molecule has 75 heavy (non-hydrogen) atoms. The number of nitrogens with one attached hydrogen (secondary N) is 1. The van der Waals surface area contributed by atoms with Crippen LogP contribution < -0.4 is 10.2 Å². The van der Waals surface area contributed by atoms with E-state index in [0.717, 1.165) is 38.5 Å². The smallest absolute Gasteiger partial charge is 0.268 e. The summed E-state index contributed by atoms with van der Waals surface area (Å²) in [5.74, 6) is -0.188. The Bertz CT molecular complexity index is 1230. The number of carbonyl (C=O) groups excluding carboxylic acids is 1. The summed E-state index contributed by atoms with van der Waals surface area (Å²) < 4.78 is 23.4. The van der Waals surface area contributed by atoms with Crippen LogP contribution in [-0.2, 0) is 18.4 Å². The summed E-state index contributed by atoms with van der Waals surface area (Å²) in [6.45, 7) is 4.72. The first-order chi connectivity index (χ1) is 36.5. The molecule has 0 aliphatic heterocycles. The molecule has 0 saturated heterocycles. The van der Waals surface area contributed by atoms with E-state index in [1.807, 2.05) is 27.2 Å². The van der Waals surface area contributed by atoms with Crippen molar-refractivity contribution >= 4 is 13.7 Å². The number of hydrogen-bond donors (Lipinski definition) is 2. The zero-order valence-corrected chi connectivity index (χ0v) is 52.2. The third-order valence-corrected chi connectivity index (χ3v) is 16.7. The van der Waals surface area contributed by atoms with Gasteiger partial charge in [-0.05, 0) is 19.3 Å². The molecular formula is C66H133N2O6P. The maximum Gasteiger partial charge on any atom is 0.268 e. The van der Waals surface area contributed by atoms with Gasteiger partial charge in [-0.25, -0.2) is 0 Å². The van der Waals surface area contributed by atoms with Crippen LogP contribution in [0.2, 0.25) is 0 Å². The first kappa shape index (κ1) is 74.2. The lowest BCUT2D eigenvalue weighted by Crippen LogP contribution is -2.45. The molecule has 0 saturated carbocycles. The second kappa shape index (κ2) is 57.9. The van der Waals surface area contributed by atoms with Crippen molar-refractivity contribution in [3.05, 3.63) is 12.2 Å². The highest BCUT2D eigenvalue weighted by atomic mass is 31.2. The van der Waals surface area contributed by atoms with Gasteiger partial charge in [0.05, 0.1) is 39.9 Å². The number of likely N-dealkylation sites (N-methyl/N-ethyl adjacent to an activating group) is 1. The Morgan fingerprint density at radius 1 is 0.453 bits per heavy atom. The number of phosphoric acid groups is 1. The highest BCUT2D eigenvalue weighted by Gasteiger charge is 2.23. The molecule has 0 radical (unpaired) electrons. The van der Waals surface area contributed by atoms with Crippen molar-refractivity contribution in [3.63, 3.8) is 0 Å². The van der Waals surface area contributed by atoms with Crippen LogP contribution in [-0.4, -0.2) is 68.5 Å². The van der Waals surface area contributed by atoms with E-state index >= 15 is 0 Å². The number of quaternary nitrogens is 1. The Labute approximate surface area is 469 Å². The number of phosphoric ester groups is 1.